The number of ether oxygens (including phenoxy) is 1. The van der Waals surface area contributed by atoms with Crippen LogP contribution in [0.3, 0.4) is 0 Å². The first-order chi connectivity index (χ1) is 18.8. The van der Waals surface area contributed by atoms with Crippen LogP contribution in [0.1, 0.15) is 44.4 Å². The Hall–Kier alpha value is -4.29. The molecule has 0 saturated heterocycles. The van der Waals surface area contributed by atoms with E-state index in [0.717, 1.165) is 29.8 Å². The van der Waals surface area contributed by atoms with Crippen molar-refractivity contribution in [3.63, 3.8) is 0 Å². The number of nitrogens with zero attached hydrogens (tertiary/aromatic N) is 1. The van der Waals surface area contributed by atoms with Crippen LogP contribution < -0.4 is 10.6 Å². The molecule has 4 rings (SSSR count). The minimum absolute atomic E-state index is 0.113. The van der Waals surface area contributed by atoms with E-state index in [2.05, 4.69) is 10.6 Å². The third-order valence-electron chi connectivity index (χ3n) is 6.04. The Bertz CT molecular complexity index is 1490. The zero-order valence-corrected chi connectivity index (χ0v) is 22.9. The summed E-state index contributed by atoms with van der Waals surface area (Å²) in [5.41, 5.74) is -0.880. The maximum atomic E-state index is 13.4. The second-order valence-electron chi connectivity index (χ2n) is 10.3. The fraction of sp³-hybridized carbons (Fsp3) is 0.286. The van der Waals surface area contributed by atoms with E-state index in [0.29, 0.717) is 11.3 Å². The molecule has 0 bridgehead atoms. The molecule has 2 unspecified atom stereocenters. The highest BCUT2D eigenvalue weighted by Crippen LogP contribution is 2.34. The maximum absolute atomic E-state index is 13.4. The number of benzene rings is 3. The van der Waals surface area contributed by atoms with Crippen LogP contribution in [0.15, 0.2) is 83.8 Å². The summed E-state index contributed by atoms with van der Waals surface area (Å²) in [4.78, 5) is 36.8. The number of non-ortho nitro benzene ring substituents is 1. The number of carbonyl (C=O) groups is 2. The number of anilines is 1. The first-order valence-electron chi connectivity index (χ1n) is 12.4. The highest BCUT2D eigenvalue weighted by molar-refractivity contribution is 7.86. The van der Waals surface area contributed by atoms with E-state index in [1.807, 2.05) is 12.1 Å². The number of hydrogen-bond acceptors (Lipinski definition) is 9. The fourth-order valence-electron chi connectivity index (χ4n) is 4.25. The number of rotatable bonds is 9. The number of hydrogen-bond donors (Lipinski definition) is 2. The quantitative estimate of drug-likeness (QED) is 0.167. The average molecular weight is 568 g/mol. The summed E-state index contributed by atoms with van der Waals surface area (Å²) < 4.78 is 37.3. The molecular formula is C28H29N3O8S. The first-order valence-corrected chi connectivity index (χ1v) is 13.8. The third-order valence-corrected chi connectivity index (χ3v) is 7.38. The summed E-state index contributed by atoms with van der Waals surface area (Å²) in [5, 5.41) is 16.8. The molecule has 1 amide bonds. The van der Waals surface area contributed by atoms with Gasteiger partial charge in [-0.15, -0.1) is 0 Å². The van der Waals surface area contributed by atoms with Crippen LogP contribution in [0.2, 0.25) is 0 Å². The molecule has 210 valence electrons. The van der Waals surface area contributed by atoms with Gasteiger partial charge in [0.1, 0.15) is 11.7 Å². The van der Waals surface area contributed by atoms with Crippen molar-refractivity contribution in [2.24, 2.45) is 0 Å². The fourth-order valence-corrected chi connectivity index (χ4v) is 5.31. The largest absolute Gasteiger partial charge is 0.457 e. The van der Waals surface area contributed by atoms with E-state index < -0.39 is 50.7 Å². The van der Waals surface area contributed by atoms with Crippen molar-refractivity contribution in [1.82, 2.24) is 5.32 Å². The summed E-state index contributed by atoms with van der Waals surface area (Å²) in [6.07, 6.45) is -1.61. The van der Waals surface area contributed by atoms with Crippen molar-refractivity contribution >= 4 is 33.4 Å². The zero-order valence-electron chi connectivity index (χ0n) is 22.1. The Morgan fingerprint density at radius 1 is 1.02 bits per heavy atom. The molecule has 3 aromatic rings. The monoisotopic (exact) mass is 567 g/mol. The predicted octanol–water partition coefficient (Wildman–Crippen LogP) is 4.25. The maximum Gasteiger partial charge on any atom is 0.353 e. The second-order valence-corrected chi connectivity index (χ2v) is 11.9. The number of amides is 1. The van der Waals surface area contributed by atoms with Crippen LogP contribution >= 0.6 is 0 Å². The van der Waals surface area contributed by atoms with Gasteiger partial charge in [0.05, 0.1) is 16.2 Å². The van der Waals surface area contributed by atoms with E-state index >= 15 is 0 Å². The molecule has 40 heavy (non-hydrogen) atoms. The van der Waals surface area contributed by atoms with Crippen molar-refractivity contribution < 1.29 is 31.9 Å². The molecule has 2 atom stereocenters. The summed E-state index contributed by atoms with van der Waals surface area (Å²) in [6, 6.07) is 19.7. The molecule has 0 saturated carbocycles. The minimum atomic E-state index is -4.43. The van der Waals surface area contributed by atoms with Crippen LogP contribution in [-0.2, 0) is 35.0 Å². The molecule has 2 N–H and O–H groups in total. The van der Waals surface area contributed by atoms with E-state index in [1.165, 1.54) is 0 Å². The molecule has 12 heteroatoms. The van der Waals surface area contributed by atoms with Gasteiger partial charge in [-0.2, -0.15) is 8.42 Å². The lowest BCUT2D eigenvalue weighted by Crippen LogP contribution is -2.61. The molecule has 0 fully saturated rings. The standard InChI is InChI=1S/C28H29N3O8S/c1-27(2,3)38-26(33)28(18-20-11-7-8-12-23(20)29-28)30-25(32)17-24(19-9-5-4-6-10-19)39-40(36,37)22-15-13-21(14-16-22)31(34)35/h4-16,24,29H,17-18H2,1-3H3,(H,30,32). The molecule has 11 nitrogen and oxygen atoms in total. The molecule has 1 aliphatic rings. The van der Waals surface area contributed by atoms with Crippen molar-refractivity contribution in [2.75, 3.05) is 5.32 Å². The molecular weight excluding hydrogens is 538 g/mol. The van der Waals surface area contributed by atoms with Crippen molar-refractivity contribution in [2.45, 2.75) is 55.9 Å². The van der Waals surface area contributed by atoms with E-state index in [4.69, 9.17) is 8.92 Å². The molecule has 1 heterocycles. The van der Waals surface area contributed by atoms with Gasteiger partial charge in [0.15, 0.2) is 0 Å². The lowest BCUT2D eigenvalue weighted by atomic mass is 10.0. The summed E-state index contributed by atoms with van der Waals surface area (Å²) in [6.45, 7) is 5.14. The number of nitro benzene ring substituents is 1. The van der Waals surface area contributed by atoms with Crippen LogP contribution in [-0.4, -0.2) is 36.5 Å². The van der Waals surface area contributed by atoms with Gasteiger partial charge in [0.25, 0.3) is 15.8 Å². The molecule has 0 spiro atoms. The summed E-state index contributed by atoms with van der Waals surface area (Å²) in [5.74, 6) is -1.36. The number of nitrogens with one attached hydrogen (secondary N) is 2. The number of esters is 1. The SMILES string of the molecule is CC(C)(C)OC(=O)C1(NC(=O)CC(OS(=O)(=O)c2ccc([N+](=O)[O-])cc2)c2ccccc2)Cc2ccccc2N1. The second kappa shape index (κ2) is 11.1. The Morgan fingerprint density at radius 2 is 1.65 bits per heavy atom. The lowest BCUT2D eigenvalue weighted by molar-refractivity contribution is -0.384. The molecule has 0 radical (unpaired) electrons. The van der Waals surface area contributed by atoms with Crippen molar-refractivity contribution in [1.29, 1.82) is 0 Å². The van der Waals surface area contributed by atoms with Gasteiger partial charge in [-0.1, -0.05) is 48.5 Å². The van der Waals surface area contributed by atoms with E-state index in [1.54, 1.807) is 63.2 Å². The zero-order chi connectivity index (χ0) is 29.1. The van der Waals surface area contributed by atoms with Crippen molar-refractivity contribution in [3.05, 3.63) is 100 Å². The van der Waals surface area contributed by atoms with Crippen LogP contribution in [0.4, 0.5) is 11.4 Å². The van der Waals surface area contributed by atoms with Crippen LogP contribution in [0, 0.1) is 10.1 Å². The predicted molar refractivity (Wildman–Crippen MR) is 146 cm³/mol. The minimum Gasteiger partial charge on any atom is -0.457 e. The highest BCUT2D eigenvalue weighted by atomic mass is 32.2. The van der Waals surface area contributed by atoms with Gasteiger partial charge in [0.2, 0.25) is 11.6 Å². The average Bonchev–Trinajstić information content (AvgIpc) is 3.27. The van der Waals surface area contributed by atoms with Gasteiger partial charge >= 0.3 is 5.97 Å². The summed E-state index contributed by atoms with van der Waals surface area (Å²) in [7, 11) is -4.43. The Morgan fingerprint density at radius 3 is 2.25 bits per heavy atom. The number of nitro groups is 1. The van der Waals surface area contributed by atoms with Gasteiger partial charge in [-0.3, -0.25) is 19.1 Å². The van der Waals surface area contributed by atoms with Gasteiger partial charge in [-0.25, -0.2) is 4.79 Å². The summed E-state index contributed by atoms with van der Waals surface area (Å²) >= 11 is 0. The van der Waals surface area contributed by atoms with Crippen molar-refractivity contribution in [3.8, 4) is 0 Å². The van der Waals surface area contributed by atoms with E-state index in [-0.39, 0.29) is 17.0 Å². The molecule has 0 aromatic heterocycles. The van der Waals surface area contributed by atoms with Gasteiger partial charge in [0, 0.05) is 24.2 Å². The lowest BCUT2D eigenvalue weighted by Gasteiger charge is -2.33. The highest BCUT2D eigenvalue weighted by Gasteiger charge is 2.48. The van der Waals surface area contributed by atoms with E-state index in [9.17, 15) is 28.1 Å². The first kappa shape index (κ1) is 28.7. The van der Waals surface area contributed by atoms with Crippen LogP contribution in [0.25, 0.3) is 0 Å². The number of fused-ring (bicyclic) bond motifs is 1. The molecule has 0 aliphatic carbocycles. The normalized spacial score (nSPS) is 17.3. The van der Waals surface area contributed by atoms with Gasteiger partial charge < -0.3 is 15.4 Å². The molecule has 1 aliphatic heterocycles. The molecule has 3 aromatic carbocycles. The third kappa shape index (κ3) is 6.64. The van der Waals surface area contributed by atoms with Crippen LogP contribution in [0.5, 0.6) is 0 Å². The Labute approximate surface area is 231 Å². The van der Waals surface area contributed by atoms with Gasteiger partial charge in [-0.05, 0) is 50.1 Å². The smallest absolute Gasteiger partial charge is 0.353 e. The topological polar surface area (TPSA) is 154 Å². The number of carbonyl (C=O) groups excluding carboxylic acids is 2. The number of para-hydroxylation sites is 1. The Balaban J connectivity index is 1.60. The Kier molecular flexibility index (Phi) is 7.94.